The van der Waals surface area contributed by atoms with Crippen molar-refractivity contribution in [3.05, 3.63) is 36.1 Å². The zero-order chi connectivity index (χ0) is 15.4. The predicted octanol–water partition coefficient (Wildman–Crippen LogP) is 1.27. The van der Waals surface area contributed by atoms with Crippen molar-refractivity contribution in [1.29, 1.82) is 0 Å². The van der Waals surface area contributed by atoms with Crippen molar-refractivity contribution in [2.75, 3.05) is 0 Å². The second-order valence-corrected chi connectivity index (χ2v) is 3.39. The SMILES string of the molecule is CC(O)C(=O)O.CC(O)C(=O)O.[Cd].[NH-]c1ccccc1. The van der Waals surface area contributed by atoms with Gasteiger partial charge in [-0.1, -0.05) is 30.3 Å². The second-order valence-electron chi connectivity index (χ2n) is 3.39. The fourth-order valence-electron chi connectivity index (χ4n) is 0.438. The molecule has 0 saturated carbocycles. The Morgan fingerprint density at radius 3 is 1.30 bits per heavy atom. The van der Waals surface area contributed by atoms with Gasteiger partial charge in [0.25, 0.3) is 0 Å². The van der Waals surface area contributed by atoms with Gasteiger partial charge in [-0.15, -0.1) is 5.69 Å². The molecule has 0 aliphatic carbocycles. The molecule has 5 N–H and O–H groups in total. The molecule has 0 aliphatic rings. The van der Waals surface area contributed by atoms with Crippen LogP contribution in [0, 0.1) is 0 Å². The minimum atomic E-state index is -1.23. The molecule has 2 unspecified atom stereocenters. The third kappa shape index (κ3) is 19.1. The van der Waals surface area contributed by atoms with Crippen LogP contribution in [0.25, 0.3) is 5.73 Å². The number of aliphatic hydroxyl groups is 2. The summed E-state index contributed by atoms with van der Waals surface area (Å²) in [6.45, 7) is 2.39. The zero-order valence-corrected chi connectivity index (χ0v) is 15.4. The van der Waals surface area contributed by atoms with Crippen LogP contribution >= 0.6 is 0 Å². The zero-order valence-electron chi connectivity index (χ0n) is 11.4. The van der Waals surface area contributed by atoms with Gasteiger partial charge in [0.15, 0.2) is 0 Å². The summed E-state index contributed by atoms with van der Waals surface area (Å²) in [5.41, 5.74) is 7.57. The number of hydrogen-bond acceptors (Lipinski definition) is 4. The quantitative estimate of drug-likeness (QED) is 0.566. The molecule has 7 nitrogen and oxygen atoms in total. The van der Waals surface area contributed by atoms with Crippen molar-refractivity contribution >= 4 is 17.6 Å². The van der Waals surface area contributed by atoms with Gasteiger partial charge in [-0.2, -0.15) is 0 Å². The first-order valence-electron chi connectivity index (χ1n) is 5.26. The fourth-order valence-corrected chi connectivity index (χ4v) is 0.438. The number of rotatable bonds is 2. The minimum absolute atomic E-state index is 0. The molecule has 0 bridgehead atoms. The van der Waals surface area contributed by atoms with Crippen molar-refractivity contribution in [3.63, 3.8) is 0 Å². The predicted molar refractivity (Wildman–Crippen MR) is 69.1 cm³/mol. The van der Waals surface area contributed by atoms with Crippen LogP contribution in [0.15, 0.2) is 30.3 Å². The van der Waals surface area contributed by atoms with E-state index < -0.39 is 24.1 Å². The van der Waals surface area contributed by atoms with E-state index in [0.29, 0.717) is 5.69 Å². The summed E-state index contributed by atoms with van der Waals surface area (Å²) in [6, 6.07) is 9.10. The van der Waals surface area contributed by atoms with Crippen LogP contribution in [0.5, 0.6) is 0 Å². The Bertz CT molecular complexity index is 351. The van der Waals surface area contributed by atoms with Crippen LogP contribution in [0.4, 0.5) is 5.69 Å². The number of hydrogen-bond donors (Lipinski definition) is 4. The maximum atomic E-state index is 9.45. The summed E-state index contributed by atoms with van der Waals surface area (Å²) in [7, 11) is 0. The molecule has 0 radical (unpaired) electrons. The van der Waals surface area contributed by atoms with Gasteiger partial charge < -0.3 is 26.2 Å². The Kier molecular flexibility index (Phi) is 17.0. The third-order valence-corrected chi connectivity index (χ3v) is 1.49. The largest absolute Gasteiger partial charge is 0.699 e. The number of aliphatic hydroxyl groups excluding tert-OH is 2. The first-order valence-corrected chi connectivity index (χ1v) is 5.26. The summed E-state index contributed by atoms with van der Waals surface area (Å²) in [5, 5.41) is 31.5. The summed E-state index contributed by atoms with van der Waals surface area (Å²) in [4.78, 5) is 18.9. The van der Waals surface area contributed by atoms with Gasteiger partial charge in [0.2, 0.25) is 0 Å². The fraction of sp³-hybridized carbons (Fsp3) is 0.333. The molecule has 1 rings (SSSR count). The van der Waals surface area contributed by atoms with Crippen molar-refractivity contribution in [1.82, 2.24) is 0 Å². The van der Waals surface area contributed by atoms with E-state index in [1.807, 2.05) is 18.2 Å². The van der Waals surface area contributed by atoms with Crippen molar-refractivity contribution < 1.29 is 57.3 Å². The first kappa shape index (κ1) is 23.9. The number of nitrogens with one attached hydrogen (secondary N) is 1. The number of carbonyl (C=O) groups is 2. The van der Waals surface area contributed by atoms with E-state index in [1.54, 1.807) is 12.1 Å². The standard InChI is InChI=1S/C6H6N.2C3H6O3.Cd/c7-6-4-2-1-3-5-6;2*1-2(4)3(5)6;/h1-5,7H;2*2,4H,1H3,(H,5,6);/q-1;;;. The van der Waals surface area contributed by atoms with E-state index in [0.717, 1.165) is 0 Å². The number of benzene rings is 1. The third-order valence-electron chi connectivity index (χ3n) is 1.49. The Hall–Kier alpha value is -1.20. The van der Waals surface area contributed by atoms with Crippen molar-refractivity contribution in [2.45, 2.75) is 26.1 Å². The normalized spacial score (nSPS) is 11.2. The van der Waals surface area contributed by atoms with Crippen LogP contribution in [0.3, 0.4) is 0 Å². The summed E-state index contributed by atoms with van der Waals surface area (Å²) in [6.07, 6.45) is -2.46. The van der Waals surface area contributed by atoms with Crippen LogP contribution < -0.4 is 0 Å². The molecule has 1 aromatic carbocycles. The Morgan fingerprint density at radius 1 is 0.950 bits per heavy atom. The van der Waals surface area contributed by atoms with E-state index in [1.165, 1.54) is 13.8 Å². The van der Waals surface area contributed by atoms with E-state index in [2.05, 4.69) is 0 Å². The Labute approximate surface area is 137 Å². The molecule has 20 heavy (non-hydrogen) atoms. The molecular formula is C12H18CdNO6-. The topological polar surface area (TPSA) is 139 Å². The van der Waals surface area contributed by atoms with Crippen molar-refractivity contribution in [2.24, 2.45) is 0 Å². The number of carboxylic acid groups (broad SMARTS) is 2. The Balaban J connectivity index is -0.000000213. The monoisotopic (exact) mass is 386 g/mol. The van der Waals surface area contributed by atoms with Crippen LogP contribution in [0.2, 0.25) is 0 Å². The molecule has 0 amide bonds. The maximum Gasteiger partial charge on any atom is 0.332 e. The van der Waals surface area contributed by atoms with Gasteiger partial charge in [-0.3, -0.25) is 0 Å². The molecule has 0 saturated heterocycles. The molecule has 0 aliphatic heterocycles. The number of carboxylic acids is 2. The van der Waals surface area contributed by atoms with Gasteiger partial charge in [0.05, 0.1) is 0 Å². The Morgan fingerprint density at radius 2 is 1.20 bits per heavy atom. The van der Waals surface area contributed by atoms with Gasteiger partial charge >= 0.3 is 11.9 Å². The smallest absolute Gasteiger partial charge is 0.332 e. The van der Waals surface area contributed by atoms with Crippen LogP contribution in [0.1, 0.15) is 13.8 Å². The molecule has 0 spiro atoms. The summed E-state index contributed by atoms with van der Waals surface area (Å²) in [5.74, 6) is -2.37. The average Bonchev–Trinajstić information content (AvgIpc) is 2.31. The van der Waals surface area contributed by atoms with Gasteiger partial charge in [0.1, 0.15) is 12.2 Å². The first-order chi connectivity index (χ1) is 8.68. The molecule has 110 valence electrons. The molecular weight excluding hydrogens is 367 g/mol. The molecule has 1 aromatic rings. The summed E-state index contributed by atoms with van der Waals surface area (Å²) >= 11 is 0. The minimum Gasteiger partial charge on any atom is -0.699 e. The molecule has 8 heteroatoms. The molecule has 0 aromatic heterocycles. The molecule has 0 heterocycles. The molecule has 0 fully saturated rings. The van der Waals surface area contributed by atoms with Gasteiger partial charge in [-0.25, -0.2) is 9.59 Å². The van der Waals surface area contributed by atoms with Crippen LogP contribution in [-0.4, -0.2) is 44.6 Å². The van der Waals surface area contributed by atoms with E-state index in [9.17, 15) is 9.59 Å². The van der Waals surface area contributed by atoms with E-state index in [4.69, 9.17) is 26.2 Å². The van der Waals surface area contributed by atoms with E-state index >= 15 is 0 Å². The maximum absolute atomic E-state index is 9.45. The average molecular weight is 385 g/mol. The van der Waals surface area contributed by atoms with Crippen LogP contribution in [-0.2, 0) is 36.9 Å². The number of aliphatic carboxylic acids is 2. The van der Waals surface area contributed by atoms with E-state index in [-0.39, 0.29) is 27.3 Å². The van der Waals surface area contributed by atoms with Gasteiger partial charge in [0, 0.05) is 27.3 Å². The van der Waals surface area contributed by atoms with Crippen molar-refractivity contribution in [3.8, 4) is 0 Å². The molecule has 2 atom stereocenters. The second kappa shape index (κ2) is 14.2. The summed E-state index contributed by atoms with van der Waals surface area (Å²) < 4.78 is 0. The van der Waals surface area contributed by atoms with Gasteiger partial charge in [-0.05, 0) is 13.8 Å².